The van der Waals surface area contributed by atoms with E-state index in [0.717, 1.165) is 19.3 Å². The third-order valence-corrected chi connectivity index (χ3v) is 4.83. The molecule has 1 aromatic heterocycles. The largest absolute Gasteiger partial charge is 0.481 e. The number of likely N-dealkylation sites (tertiary alicyclic amines) is 1. The highest BCUT2D eigenvalue weighted by Crippen LogP contribution is 2.59. The van der Waals surface area contributed by atoms with Gasteiger partial charge >= 0.3 is 5.97 Å². The number of aromatic nitrogens is 1. The van der Waals surface area contributed by atoms with Gasteiger partial charge in [-0.05, 0) is 44.6 Å². The highest BCUT2D eigenvalue weighted by Gasteiger charge is 2.59. The van der Waals surface area contributed by atoms with E-state index in [4.69, 9.17) is 9.84 Å². The van der Waals surface area contributed by atoms with Crippen molar-refractivity contribution < 1.29 is 19.4 Å². The SMILES string of the molecule is CC(C)Oc1cccc(C(=O)N2CCC3(CC2)CC3C(=O)O)n1. The minimum absolute atomic E-state index is 0.00511. The molecule has 1 aromatic rings. The van der Waals surface area contributed by atoms with Crippen molar-refractivity contribution in [3.8, 4) is 5.88 Å². The standard InChI is InChI=1S/C17H22N2O4/c1-11(2)23-14-5-3-4-13(18-14)15(20)19-8-6-17(7-9-19)10-12(17)16(21)22/h3-5,11-12H,6-10H2,1-2H3,(H,21,22). The van der Waals surface area contributed by atoms with E-state index in [2.05, 4.69) is 4.98 Å². The number of ether oxygens (including phenoxy) is 1. The van der Waals surface area contributed by atoms with E-state index >= 15 is 0 Å². The van der Waals surface area contributed by atoms with Gasteiger partial charge in [-0.25, -0.2) is 4.98 Å². The zero-order chi connectivity index (χ0) is 16.6. The van der Waals surface area contributed by atoms with Gasteiger partial charge in [0.2, 0.25) is 5.88 Å². The fraction of sp³-hybridized carbons (Fsp3) is 0.588. The molecule has 0 bridgehead atoms. The number of hydrogen-bond donors (Lipinski definition) is 1. The normalized spacial score (nSPS) is 22.2. The van der Waals surface area contributed by atoms with Crippen LogP contribution in [0.4, 0.5) is 0 Å². The van der Waals surface area contributed by atoms with Gasteiger partial charge in [0.05, 0.1) is 12.0 Å². The number of rotatable bonds is 4. The van der Waals surface area contributed by atoms with Crippen LogP contribution in [-0.4, -0.2) is 46.1 Å². The van der Waals surface area contributed by atoms with Gasteiger partial charge < -0.3 is 14.7 Å². The van der Waals surface area contributed by atoms with Crippen LogP contribution < -0.4 is 4.74 Å². The summed E-state index contributed by atoms with van der Waals surface area (Å²) in [5, 5.41) is 9.12. The minimum atomic E-state index is -0.704. The summed E-state index contributed by atoms with van der Waals surface area (Å²) < 4.78 is 5.53. The lowest BCUT2D eigenvalue weighted by atomic mass is 9.90. The molecule has 3 rings (SSSR count). The lowest BCUT2D eigenvalue weighted by Gasteiger charge is -2.32. The quantitative estimate of drug-likeness (QED) is 0.920. The Morgan fingerprint density at radius 2 is 2.04 bits per heavy atom. The van der Waals surface area contributed by atoms with E-state index in [9.17, 15) is 9.59 Å². The van der Waals surface area contributed by atoms with E-state index in [1.807, 2.05) is 13.8 Å². The Bertz CT molecular complexity index is 621. The molecule has 1 aliphatic carbocycles. The van der Waals surface area contributed by atoms with E-state index in [1.54, 1.807) is 23.1 Å². The second-order valence-electron chi connectivity index (χ2n) is 6.78. The molecule has 1 N–H and O–H groups in total. The Hall–Kier alpha value is -2.11. The summed E-state index contributed by atoms with van der Waals surface area (Å²) in [6.07, 6.45) is 2.28. The summed E-state index contributed by atoms with van der Waals surface area (Å²) >= 11 is 0. The summed E-state index contributed by atoms with van der Waals surface area (Å²) in [4.78, 5) is 29.7. The zero-order valence-corrected chi connectivity index (χ0v) is 13.5. The summed E-state index contributed by atoms with van der Waals surface area (Å²) in [5.41, 5.74) is 0.309. The highest BCUT2D eigenvalue weighted by molar-refractivity contribution is 5.92. The molecule has 0 radical (unpaired) electrons. The van der Waals surface area contributed by atoms with Crippen LogP contribution in [0.1, 0.15) is 43.6 Å². The van der Waals surface area contributed by atoms with E-state index in [1.165, 1.54) is 0 Å². The number of carbonyl (C=O) groups is 2. The zero-order valence-electron chi connectivity index (χ0n) is 13.5. The molecule has 2 aliphatic rings. The topological polar surface area (TPSA) is 79.7 Å². The first-order valence-electron chi connectivity index (χ1n) is 8.07. The van der Waals surface area contributed by atoms with Crippen molar-refractivity contribution >= 4 is 11.9 Å². The average Bonchev–Trinajstić information content (AvgIpc) is 3.21. The van der Waals surface area contributed by atoms with Crippen molar-refractivity contribution in [3.05, 3.63) is 23.9 Å². The Balaban J connectivity index is 1.63. The first kappa shape index (κ1) is 15.8. The average molecular weight is 318 g/mol. The van der Waals surface area contributed by atoms with Crippen molar-refractivity contribution in [1.82, 2.24) is 9.88 Å². The number of carbonyl (C=O) groups excluding carboxylic acids is 1. The Kier molecular flexibility index (Phi) is 4.00. The first-order valence-corrected chi connectivity index (χ1v) is 8.07. The monoisotopic (exact) mass is 318 g/mol. The molecule has 1 spiro atoms. The number of hydrogen-bond acceptors (Lipinski definition) is 4. The van der Waals surface area contributed by atoms with Gasteiger partial charge in [-0.3, -0.25) is 9.59 Å². The molecule has 124 valence electrons. The number of amides is 1. The molecule has 1 atom stereocenters. The second kappa shape index (κ2) is 5.83. The maximum atomic E-state index is 12.6. The van der Waals surface area contributed by atoms with Gasteiger partial charge in [0, 0.05) is 19.2 Å². The lowest BCUT2D eigenvalue weighted by molar-refractivity contribution is -0.139. The van der Waals surface area contributed by atoms with Crippen LogP contribution in [0.3, 0.4) is 0 Å². The molecule has 2 heterocycles. The van der Waals surface area contributed by atoms with Crippen LogP contribution in [0, 0.1) is 11.3 Å². The minimum Gasteiger partial charge on any atom is -0.481 e. The number of pyridine rings is 1. The van der Waals surface area contributed by atoms with Gasteiger partial charge in [0.25, 0.3) is 5.91 Å². The molecule has 6 heteroatoms. The smallest absolute Gasteiger partial charge is 0.307 e. The number of nitrogens with zero attached hydrogens (tertiary/aromatic N) is 2. The molecule has 23 heavy (non-hydrogen) atoms. The fourth-order valence-corrected chi connectivity index (χ4v) is 3.41. The van der Waals surface area contributed by atoms with E-state index in [0.29, 0.717) is 24.7 Å². The summed E-state index contributed by atoms with van der Waals surface area (Å²) in [5.74, 6) is -0.584. The van der Waals surface area contributed by atoms with Crippen LogP contribution in [0.5, 0.6) is 5.88 Å². The van der Waals surface area contributed by atoms with Gasteiger partial charge in [0.15, 0.2) is 0 Å². The predicted molar refractivity (Wildman–Crippen MR) is 83.3 cm³/mol. The van der Waals surface area contributed by atoms with E-state index < -0.39 is 5.97 Å². The van der Waals surface area contributed by atoms with Crippen molar-refractivity contribution in [1.29, 1.82) is 0 Å². The van der Waals surface area contributed by atoms with Crippen LogP contribution in [-0.2, 0) is 4.79 Å². The summed E-state index contributed by atoms with van der Waals surface area (Å²) in [6, 6.07) is 5.20. The van der Waals surface area contributed by atoms with Gasteiger partial charge in [-0.1, -0.05) is 6.07 Å². The number of carboxylic acid groups (broad SMARTS) is 1. The lowest BCUT2D eigenvalue weighted by Crippen LogP contribution is -2.40. The highest BCUT2D eigenvalue weighted by atomic mass is 16.5. The second-order valence-corrected chi connectivity index (χ2v) is 6.78. The molecule has 1 saturated carbocycles. The fourth-order valence-electron chi connectivity index (χ4n) is 3.41. The molecular weight excluding hydrogens is 296 g/mol. The number of carboxylic acids is 1. The Labute approximate surface area is 135 Å². The third-order valence-electron chi connectivity index (χ3n) is 4.83. The Morgan fingerprint density at radius 1 is 1.35 bits per heavy atom. The molecule has 1 amide bonds. The van der Waals surface area contributed by atoms with Crippen molar-refractivity contribution in [3.63, 3.8) is 0 Å². The first-order chi connectivity index (χ1) is 10.9. The molecule has 1 unspecified atom stereocenters. The van der Waals surface area contributed by atoms with Crippen molar-refractivity contribution in [2.24, 2.45) is 11.3 Å². The summed E-state index contributed by atoms with van der Waals surface area (Å²) in [6.45, 7) is 5.02. The third kappa shape index (κ3) is 3.16. The number of piperidine rings is 1. The van der Waals surface area contributed by atoms with E-state index in [-0.39, 0.29) is 23.3 Å². The van der Waals surface area contributed by atoms with Crippen LogP contribution >= 0.6 is 0 Å². The molecule has 1 aliphatic heterocycles. The Morgan fingerprint density at radius 3 is 2.61 bits per heavy atom. The van der Waals surface area contributed by atoms with Gasteiger partial charge in [-0.2, -0.15) is 0 Å². The maximum absolute atomic E-state index is 12.6. The van der Waals surface area contributed by atoms with Crippen LogP contribution in [0.2, 0.25) is 0 Å². The molecule has 0 aromatic carbocycles. The van der Waals surface area contributed by atoms with Crippen molar-refractivity contribution in [2.75, 3.05) is 13.1 Å². The van der Waals surface area contributed by atoms with Gasteiger partial charge in [0.1, 0.15) is 5.69 Å². The van der Waals surface area contributed by atoms with Crippen LogP contribution in [0.15, 0.2) is 18.2 Å². The molecular formula is C17H22N2O4. The number of aliphatic carboxylic acids is 1. The van der Waals surface area contributed by atoms with Crippen LogP contribution in [0.25, 0.3) is 0 Å². The molecule has 2 fully saturated rings. The maximum Gasteiger partial charge on any atom is 0.307 e. The van der Waals surface area contributed by atoms with Crippen molar-refractivity contribution in [2.45, 2.75) is 39.2 Å². The summed E-state index contributed by atoms with van der Waals surface area (Å²) in [7, 11) is 0. The predicted octanol–water partition coefficient (Wildman–Crippen LogP) is 2.20. The molecule has 1 saturated heterocycles. The molecule has 6 nitrogen and oxygen atoms in total. The van der Waals surface area contributed by atoms with Gasteiger partial charge in [-0.15, -0.1) is 0 Å².